The molecule has 2 aliphatic rings. The number of nitrogens with zero attached hydrogens (tertiary/aromatic N) is 1. The van der Waals surface area contributed by atoms with Gasteiger partial charge < -0.3 is 5.11 Å². The van der Waals surface area contributed by atoms with E-state index in [4.69, 9.17) is 5.11 Å². The maximum Gasteiger partial charge on any atom is 0.328 e. The van der Waals surface area contributed by atoms with Gasteiger partial charge in [-0.2, -0.15) is 0 Å². The minimum absolute atomic E-state index is 0.712. The van der Waals surface area contributed by atoms with Crippen molar-refractivity contribution in [3.05, 3.63) is 21.5 Å². The molecule has 0 aliphatic carbocycles. The number of carbonyl (C=O) groups is 1. The topological polar surface area (TPSA) is 49.7 Å². The molecular weight excluding hydrogens is 218 g/mol. The zero-order valence-corrected chi connectivity index (χ0v) is 9.03. The minimum Gasteiger partial charge on any atom is -0.478 e. The van der Waals surface area contributed by atoms with E-state index >= 15 is 0 Å². The molecule has 0 spiro atoms. The predicted octanol–water partition coefficient (Wildman–Crippen LogP) is 1.77. The average Bonchev–Trinajstić information content (AvgIpc) is 2.37. The lowest BCUT2D eigenvalue weighted by Gasteiger charge is -2.01. The fourth-order valence-corrected chi connectivity index (χ4v) is 3.66. The lowest BCUT2D eigenvalue weighted by Crippen LogP contribution is -1.93. The van der Waals surface area contributed by atoms with E-state index in [9.17, 15) is 4.79 Å². The number of thioether (sulfide) groups is 2. The number of hydrogen-bond acceptors (Lipinski definition) is 4. The van der Waals surface area contributed by atoms with Crippen LogP contribution in [0.15, 0.2) is 26.5 Å². The molecule has 0 bridgehead atoms. The van der Waals surface area contributed by atoms with Crippen LogP contribution in [0.5, 0.6) is 0 Å². The number of carboxylic acids is 1. The number of allylic oxidation sites excluding steroid dienone is 1. The Kier molecular flexibility index (Phi) is 2.98. The van der Waals surface area contributed by atoms with Gasteiger partial charge in [0.1, 0.15) is 0 Å². The van der Waals surface area contributed by atoms with E-state index in [1.807, 2.05) is 6.21 Å². The molecule has 0 saturated carbocycles. The first kappa shape index (κ1) is 9.86. The highest BCUT2D eigenvalue weighted by Gasteiger charge is 2.22. The summed E-state index contributed by atoms with van der Waals surface area (Å²) in [6.45, 7) is 0.712. The van der Waals surface area contributed by atoms with E-state index in [1.54, 1.807) is 23.5 Å². The number of carboxylic acid groups (broad SMARTS) is 1. The van der Waals surface area contributed by atoms with E-state index in [-0.39, 0.29) is 0 Å². The van der Waals surface area contributed by atoms with Gasteiger partial charge in [-0.1, -0.05) is 0 Å². The summed E-state index contributed by atoms with van der Waals surface area (Å²) in [5.74, 6) is 0.760. The maximum absolute atomic E-state index is 10.6. The lowest BCUT2D eigenvalue weighted by atomic mass is 10.2. The molecule has 0 amide bonds. The van der Waals surface area contributed by atoms with Crippen LogP contribution in [0.2, 0.25) is 0 Å². The Morgan fingerprint density at radius 3 is 3.21 bits per heavy atom. The third-order valence-corrected chi connectivity index (χ3v) is 4.29. The average molecular weight is 227 g/mol. The molecular formula is C9H9NO2S2. The molecule has 2 rings (SSSR count). The second kappa shape index (κ2) is 4.23. The van der Waals surface area contributed by atoms with Crippen LogP contribution in [0.3, 0.4) is 0 Å². The third kappa shape index (κ3) is 2.04. The standard InChI is InChI=1S/C9H9NO2S2/c11-8(12)3-6-5-14-7-4-10-1-2-13-9(6)7/h1,3H,2,4-5H2,(H,11,12). The first-order valence-corrected chi connectivity index (χ1v) is 6.15. The summed E-state index contributed by atoms with van der Waals surface area (Å²) in [6.07, 6.45) is 3.20. The molecule has 3 nitrogen and oxygen atoms in total. The summed E-state index contributed by atoms with van der Waals surface area (Å²) in [6, 6.07) is 0. The first-order chi connectivity index (χ1) is 6.77. The Bertz CT molecular complexity index is 355. The van der Waals surface area contributed by atoms with Gasteiger partial charge in [0.05, 0.1) is 6.54 Å². The Balaban J connectivity index is 2.26. The quantitative estimate of drug-likeness (QED) is 0.694. The van der Waals surface area contributed by atoms with Gasteiger partial charge in [-0.15, -0.1) is 23.5 Å². The van der Waals surface area contributed by atoms with Crippen molar-refractivity contribution in [2.45, 2.75) is 0 Å². The van der Waals surface area contributed by atoms with Gasteiger partial charge in [0.25, 0.3) is 0 Å². The van der Waals surface area contributed by atoms with Crippen LogP contribution in [0.1, 0.15) is 0 Å². The summed E-state index contributed by atoms with van der Waals surface area (Å²) in [5, 5.41) is 8.69. The molecule has 1 N–H and O–H groups in total. The zero-order valence-electron chi connectivity index (χ0n) is 7.40. The minimum atomic E-state index is -0.861. The largest absolute Gasteiger partial charge is 0.478 e. The zero-order chi connectivity index (χ0) is 9.97. The molecule has 0 saturated heterocycles. The molecule has 0 fully saturated rings. The van der Waals surface area contributed by atoms with Crippen LogP contribution < -0.4 is 0 Å². The second-order valence-electron chi connectivity index (χ2n) is 2.88. The van der Waals surface area contributed by atoms with Crippen LogP contribution in [0.25, 0.3) is 0 Å². The fraction of sp³-hybridized carbons (Fsp3) is 0.333. The smallest absolute Gasteiger partial charge is 0.328 e. The van der Waals surface area contributed by atoms with Crippen molar-refractivity contribution in [2.24, 2.45) is 4.99 Å². The van der Waals surface area contributed by atoms with E-state index < -0.39 is 5.97 Å². The van der Waals surface area contributed by atoms with Crippen LogP contribution >= 0.6 is 23.5 Å². The second-order valence-corrected chi connectivity index (χ2v) is 4.98. The molecule has 74 valence electrons. The molecule has 0 aromatic carbocycles. The predicted molar refractivity (Wildman–Crippen MR) is 61.0 cm³/mol. The van der Waals surface area contributed by atoms with Crippen molar-refractivity contribution in [3.8, 4) is 0 Å². The van der Waals surface area contributed by atoms with Crippen molar-refractivity contribution in [3.63, 3.8) is 0 Å². The number of rotatable bonds is 1. The van der Waals surface area contributed by atoms with Gasteiger partial charge in [0, 0.05) is 33.6 Å². The molecule has 5 heteroatoms. The van der Waals surface area contributed by atoms with Crippen molar-refractivity contribution >= 4 is 35.7 Å². The van der Waals surface area contributed by atoms with Gasteiger partial charge in [-0.05, 0) is 5.57 Å². The molecule has 0 atom stereocenters. The molecule has 2 aliphatic heterocycles. The first-order valence-electron chi connectivity index (χ1n) is 4.18. The Hall–Kier alpha value is -0.680. The van der Waals surface area contributed by atoms with Crippen molar-refractivity contribution < 1.29 is 9.90 Å². The van der Waals surface area contributed by atoms with Gasteiger partial charge in [0.2, 0.25) is 0 Å². The van der Waals surface area contributed by atoms with Gasteiger partial charge >= 0.3 is 5.97 Å². The summed E-state index contributed by atoms with van der Waals surface area (Å²) in [5.41, 5.74) is 0.938. The van der Waals surface area contributed by atoms with Crippen LogP contribution in [-0.4, -0.2) is 35.3 Å². The Morgan fingerprint density at radius 2 is 2.43 bits per heavy atom. The summed E-state index contributed by atoms with van der Waals surface area (Å²) in [7, 11) is 0. The van der Waals surface area contributed by atoms with Crippen molar-refractivity contribution in [1.29, 1.82) is 0 Å². The van der Waals surface area contributed by atoms with E-state index in [0.717, 1.165) is 22.0 Å². The summed E-state index contributed by atoms with van der Waals surface area (Å²) >= 11 is 3.39. The van der Waals surface area contributed by atoms with Crippen molar-refractivity contribution in [1.82, 2.24) is 0 Å². The van der Waals surface area contributed by atoms with E-state index in [2.05, 4.69) is 4.99 Å². The number of hydrogen-bond donors (Lipinski definition) is 1. The van der Waals surface area contributed by atoms with Crippen molar-refractivity contribution in [2.75, 3.05) is 18.1 Å². The van der Waals surface area contributed by atoms with Crippen LogP contribution in [0.4, 0.5) is 0 Å². The van der Waals surface area contributed by atoms with E-state index in [1.165, 1.54) is 11.0 Å². The normalized spacial score (nSPS) is 23.9. The molecule has 0 aromatic rings. The van der Waals surface area contributed by atoms with E-state index in [0.29, 0.717) is 6.54 Å². The highest BCUT2D eigenvalue weighted by atomic mass is 32.2. The molecule has 14 heavy (non-hydrogen) atoms. The van der Waals surface area contributed by atoms with Gasteiger partial charge in [-0.3, -0.25) is 4.99 Å². The van der Waals surface area contributed by atoms with Gasteiger partial charge in [-0.25, -0.2) is 4.79 Å². The highest BCUT2D eigenvalue weighted by molar-refractivity contribution is 8.08. The number of aliphatic carboxylic acids is 1. The third-order valence-electron chi connectivity index (χ3n) is 1.91. The lowest BCUT2D eigenvalue weighted by molar-refractivity contribution is -0.131. The molecule has 0 radical (unpaired) electrons. The summed E-state index contributed by atoms with van der Waals surface area (Å²) < 4.78 is 0. The Morgan fingerprint density at radius 1 is 1.57 bits per heavy atom. The molecule has 0 aromatic heterocycles. The highest BCUT2D eigenvalue weighted by Crippen LogP contribution is 2.42. The SMILES string of the molecule is O=C(O)C=C1CSC2=C1SCC=NC2. The fourth-order valence-electron chi connectivity index (χ4n) is 1.34. The molecule has 2 heterocycles. The molecule has 0 unspecified atom stereocenters. The monoisotopic (exact) mass is 227 g/mol. The van der Waals surface area contributed by atoms with Crippen LogP contribution in [0, 0.1) is 0 Å². The van der Waals surface area contributed by atoms with Crippen LogP contribution in [-0.2, 0) is 4.79 Å². The Labute approximate surface area is 90.4 Å². The summed E-state index contributed by atoms with van der Waals surface area (Å²) in [4.78, 5) is 17.1. The van der Waals surface area contributed by atoms with Gasteiger partial charge in [0.15, 0.2) is 0 Å². The number of aliphatic imine (C=N–C) groups is 1. The maximum atomic E-state index is 10.6.